The minimum Gasteiger partial charge on any atom is -0.496 e. The number of fused-ring (bicyclic) bond motifs is 5. The molecule has 3 aromatic carbocycles. The van der Waals surface area contributed by atoms with E-state index in [1.165, 1.54) is 36.2 Å². The van der Waals surface area contributed by atoms with Gasteiger partial charge in [0.2, 0.25) is 29.5 Å². The molecule has 4 aliphatic rings. The van der Waals surface area contributed by atoms with Crippen molar-refractivity contribution in [2.24, 2.45) is 23.5 Å². The van der Waals surface area contributed by atoms with Crippen molar-refractivity contribution >= 4 is 82.6 Å². The fourth-order valence-corrected chi connectivity index (χ4v) is 12.2. The van der Waals surface area contributed by atoms with Gasteiger partial charge in [-0.05, 0) is 105 Å². The molecule has 0 spiro atoms. The van der Waals surface area contributed by atoms with Gasteiger partial charge in [0.15, 0.2) is 5.72 Å². The van der Waals surface area contributed by atoms with E-state index in [-0.39, 0.29) is 95.9 Å². The monoisotopic (exact) mass is 1450 g/mol. The first-order chi connectivity index (χ1) is 49.5. The van der Waals surface area contributed by atoms with Gasteiger partial charge in [-0.3, -0.25) is 53.9 Å². The highest BCUT2D eigenvalue weighted by molar-refractivity contribution is 6.13. The lowest BCUT2D eigenvalue weighted by Crippen LogP contribution is -2.63. The molecule has 30 nitrogen and oxygen atoms in total. The lowest BCUT2D eigenvalue weighted by Gasteiger charge is -2.42. The number of epoxide rings is 1. The summed E-state index contributed by atoms with van der Waals surface area (Å²) >= 11 is 0. The van der Waals surface area contributed by atoms with Crippen molar-refractivity contribution in [3.63, 3.8) is 0 Å². The molecule has 104 heavy (non-hydrogen) atoms. The minimum atomic E-state index is -1.87. The second-order valence-corrected chi connectivity index (χ2v) is 27.0. The second kappa shape index (κ2) is 38.7. The summed E-state index contributed by atoms with van der Waals surface area (Å²) in [5.74, 6) is -4.51. The first-order valence-corrected chi connectivity index (χ1v) is 35.0. The van der Waals surface area contributed by atoms with Crippen LogP contribution in [-0.4, -0.2) is 191 Å². The molecule has 9 atom stereocenters. The number of urea groups is 1. The molecule has 3 aromatic rings. The van der Waals surface area contributed by atoms with Crippen LogP contribution in [-0.2, 0) is 84.5 Å². The number of nitrogens with zero attached hydrogens (tertiary/aromatic N) is 2. The first-order valence-electron chi connectivity index (χ1n) is 35.0. The minimum absolute atomic E-state index is 0.0259. The number of amides is 11. The Morgan fingerprint density at radius 2 is 1.48 bits per heavy atom. The zero-order valence-corrected chi connectivity index (χ0v) is 60.8. The Hall–Kier alpha value is -9.75. The number of hydrogen-bond acceptors (Lipinski definition) is 20. The van der Waals surface area contributed by atoms with Crippen LogP contribution in [0.2, 0.25) is 0 Å². The van der Waals surface area contributed by atoms with E-state index in [9.17, 15) is 57.8 Å². The van der Waals surface area contributed by atoms with Crippen molar-refractivity contribution in [3.05, 3.63) is 108 Å². The third-order valence-electron chi connectivity index (χ3n) is 18.2. The number of ether oxygens (including phenoxy) is 8. The molecule has 0 aromatic heterocycles. The lowest BCUT2D eigenvalue weighted by atomic mass is 9.83. The Balaban J connectivity index is 0.921. The molecule has 11 amide bonds. The maximum absolute atomic E-state index is 14.8. The van der Waals surface area contributed by atoms with Gasteiger partial charge in [0.1, 0.15) is 48.4 Å². The molecular weight excluding hydrogens is 1350 g/mol. The van der Waals surface area contributed by atoms with E-state index in [1.54, 1.807) is 109 Å². The van der Waals surface area contributed by atoms with Crippen LogP contribution in [0.3, 0.4) is 0 Å². The predicted octanol–water partition coefficient (Wildman–Crippen LogP) is 6.12. The van der Waals surface area contributed by atoms with E-state index >= 15 is 0 Å². The quantitative estimate of drug-likeness (QED) is 0.0109. The summed E-state index contributed by atoms with van der Waals surface area (Å²) in [5, 5.41) is 30.7. The van der Waals surface area contributed by atoms with E-state index in [1.807, 2.05) is 25.1 Å². The van der Waals surface area contributed by atoms with Crippen LogP contribution in [0, 0.1) is 17.8 Å². The number of rotatable bonds is 33. The lowest BCUT2D eigenvalue weighted by molar-refractivity contribution is -0.157. The Bertz CT molecular complexity index is 3620. The van der Waals surface area contributed by atoms with Gasteiger partial charge in [0.05, 0.1) is 57.7 Å². The summed E-state index contributed by atoms with van der Waals surface area (Å²) in [6.07, 6.45) is 4.91. The van der Waals surface area contributed by atoms with Crippen LogP contribution in [0.1, 0.15) is 117 Å². The van der Waals surface area contributed by atoms with Crippen LogP contribution in [0.25, 0.3) is 11.1 Å². The topological polar surface area (TPSA) is 402 Å². The largest absolute Gasteiger partial charge is 0.496 e. The van der Waals surface area contributed by atoms with Gasteiger partial charge in [-0.25, -0.2) is 14.4 Å². The second-order valence-electron chi connectivity index (χ2n) is 27.0. The highest BCUT2D eigenvalue weighted by Crippen LogP contribution is 2.50. The third-order valence-corrected chi connectivity index (χ3v) is 18.2. The molecule has 7 rings (SSSR count). The number of benzene rings is 3. The normalized spacial score (nSPS) is 22.4. The number of alkyl carbamates (subject to hydrolysis) is 1. The van der Waals surface area contributed by atoms with E-state index in [2.05, 4.69) is 37.2 Å². The number of methoxy groups -OCH3 is 2. The van der Waals surface area contributed by atoms with Gasteiger partial charge in [-0.2, -0.15) is 0 Å². The Morgan fingerprint density at radius 3 is 2.14 bits per heavy atom. The Labute approximate surface area is 605 Å². The highest BCUT2D eigenvalue weighted by Gasteiger charge is 2.64. The summed E-state index contributed by atoms with van der Waals surface area (Å²) in [6, 6.07) is 14.1. The standard InChI is InChI=1S/C74H100N10O20/c1-44(2)65(81-60(86)30-34-99-36-37-100-35-32-76-59(85)19-12-11-13-33-84-61(87)28-29-62(84)88)68(91)80-53(17-15-31-77-70(75)93)67(90)78-51-24-20-48(21-25-51)43-101-71(94)79-52-26-22-50(23-27-52)64-54-39-49(40-55(64)97-9)38-46(5)16-14-18-57(98-10)74(96)42-56(102-72(95)82-74)47(6)66-73(7,104-66)58(41-63(89)83(54)8)103-69(92)45(3)4/h14,16,18,20-29,39-40,44-45,47,53,56-58,65-66,96H,11-13,15,17,19,30-38,41-43H2,1-10H3,(H,76,85)(H,78,90)(H,79,94)(H,80,91)(H,81,86)(H,82,95)(H3,75,77,93)/b18-14+,46-16+/t47-,53+,56+,57-,58+,65+,66+,73+,74+/m1/s1. The van der Waals surface area contributed by atoms with Crippen LogP contribution < -0.4 is 52.6 Å². The number of carbonyl (C=O) groups is 11. The maximum atomic E-state index is 14.8. The predicted molar refractivity (Wildman–Crippen MR) is 382 cm³/mol. The van der Waals surface area contributed by atoms with E-state index < -0.39 is 113 Å². The zero-order chi connectivity index (χ0) is 75.8. The van der Waals surface area contributed by atoms with E-state index in [0.29, 0.717) is 78.2 Å². The molecule has 0 radical (unpaired) electrons. The number of unbranched alkanes of at least 4 members (excludes halogenated alkanes) is 2. The van der Waals surface area contributed by atoms with Crippen LogP contribution in [0.5, 0.6) is 5.75 Å². The van der Waals surface area contributed by atoms with Crippen LogP contribution in [0.15, 0.2) is 96.6 Å². The molecule has 0 saturated carbocycles. The number of imide groups is 1. The molecule has 4 bridgehead atoms. The molecule has 2 saturated heterocycles. The van der Waals surface area contributed by atoms with Crippen molar-refractivity contribution in [1.29, 1.82) is 0 Å². The highest BCUT2D eigenvalue weighted by atomic mass is 16.7. The summed E-state index contributed by atoms with van der Waals surface area (Å²) in [5.41, 5.74) is 6.72. The number of hydrogen-bond donors (Lipinski definition) is 9. The van der Waals surface area contributed by atoms with Crippen molar-refractivity contribution in [3.8, 4) is 16.9 Å². The fraction of sp³-hybridized carbons (Fsp3) is 0.527. The molecule has 4 heterocycles. The zero-order valence-electron chi connectivity index (χ0n) is 60.8. The number of carbonyl (C=O) groups excluding carboxylic acids is 11. The molecule has 566 valence electrons. The van der Waals surface area contributed by atoms with Gasteiger partial charge in [0.25, 0.3) is 11.8 Å². The number of esters is 1. The van der Waals surface area contributed by atoms with Crippen LogP contribution >= 0.6 is 0 Å². The SMILES string of the molecule is COc1cc2cc(c1-c1ccc(NC(=O)OCc3ccc(NC(=O)[C@H](CCCNC(N)=O)NC(=O)[C@@H](NC(=O)CCOCCOCCNC(=O)CCCCCN4C(=O)C=CC4=O)C(C)C)cc3)cc1)N(C)C(=O)C[C@H](OC(=O)C(C)C)[C@]1(C)O[C@H]1[C@H](C)[C@@H]1C[C@@](O)(NC(=O)O1)[C@H](OC)/C=C/C=C(\C)C2. The maximum Gasteiger partial charge on any atom is 0.411 e. The van der Waals surface area contributed by atoms with Gasteiger partial charge >= 0.3 is 24.2 Å². The number of nitrogens with one attached hydrogen (secondary N) is 7. The van der Waals surface area contributed by atoms with Crippen LogP contribution in [0.4, 0.5) is 31.4 Å². The molecule has 4 aliphatic heterocycles. The average molecular weight is 1450 g/mol. The smallest absolute Gasteiger partial charge is 0.411 e. The number of nitrogens with two attached hydrogens (primary N) is 1. The van der Waals surface area contributed by atoms with Crippen molar-refractivity contribution < 1.29 is 95.7 Å². The molecule has 30 heteroatoms. The van der Waals surface area contributed by atoms with Gasteiger partial charge in [0, 0.05) is 88.1 Å². The van der Waals surface area contributed by atoms with Crippen molar-refractivity contribution in [2.75, 3.05) is 82.9 Å². The average Bonchev–Trinajstić information content (AvgIpc) is 1.57. The summed E-state index contributed by atoms with van der Waals surface area (Å²) < 4.78 is 46.6. The summed E-state index contributed by atoms with van der Waals surface area (Å²) in [6.45, 7) is 13.5. The van der Waals surface area contributed by atoms with Gasteiger partial charge in [-0.15, -0.1) is 0 Å². The number of aliphatic hydroxyl groups is 1. The molecule has 0 unspecified atom stereocenters. The van der Waals surface area contributed by atoms with E-state index in [0.717, 1.165) is 11.1 Å². The van der Waals surface area contributed by atoms with Gasteiger partial charge in [-0.1, -0.05) is 89.1 Å². The molecular formula is C74H100N10O20. The summed E-state index contributed by atoms with van der Waals surface area (Å²) in [7, 11) is 4.55. The summed E-state index contributed by atoms with van der Waals surface area (Å²) in [4.78, 5) is 145. The number of primary amides is 1. The molecule has 10 N–H and O–H groups in total. The number of anilines is 3. The third kappa shape index (κ3) is 23.6. The molecule has 0 aliphatic carbocycles. The molecule has 2 fully saturated rings. The number of allylic oxidation sites excluding steroid dienone is 3. The van der Waals surface area contributed by atoms with Crippen molar-refractivity contribution in [1.82, 2.24) is 31.5 Å². The van der Waals surface area contributed by atoms with Crippen molar-refractivity contribution in [2.45, 2.75) is 167 Å². The van der Waals surface area contributed by atoms with E-state index in [4.69, 9.17) is 43.6 Å². The first kappa shape index (κ1) is 81.5. The fourth-order valence-electron chi connectivity index (χ4n) is 12.2. The Morgan fingerprint density at radius 1 is 0.798 bits per heavy atom. The Kier molecular flexibility index (Phi) is 30.3. The van der Waals surface area contributed by atoms with Gasteiger partial charge < -0.3 is 80.2 Å².